The summed E-state index contributed by atoms with van der Waals surface area (Å²) in [6.07, 6.45) is -0.344. The molecule has 0 aliphatic carbocycles. The molecule has 0 fully saturated rings. The third-order valence-electron chi connectivity index (χ3n) is 3.53. The van der Waals surface area contributed by atoms with Gasteiger partial charge in [0.25, 0.3) is 0 Å². The maximum atomic E-state index is 11.4. The van der Waals surface area contributed by atoms with Crippen molar-refractivity contribution >= 4 is 5.97 Å². The second-order valence-electron chi connectivity index (χ2n) is 5.72. The topological polar surface area (TPSA) is 26.3 Å². The van der Waals surface area contributed by atoms with E-state index >= 15 is 0 Å². The fourth-order valence-corrected chi connectivity index (χ4v) is 2.38. The van der Waals surface area contributed by atoms with E-state index in [0.29, 0.717) is 5.92 Å². The first kappa shape index (κ1) is 15.3. The number of hydrogen-bond donors (Lipinski definition) is 0. The summed E-state index contributed by atoms with van der Waals surface area (Å²) in [5.41, 5.74) is 4.44. The smallest absolute Gasteiger partial charge is 0.303 e. The standard InChI is InChI=1S/C19H22O2/c1-13(2)16-8-10-17(11-9-16)19(21-15(4)20)18-7-5-6-14(3)12-18/h5-13,19H,1-4H3/t19-/m0/s1. The van der Waals surface area contributed by atoms with Crippen LogP contribution in [0.1, 0.15) is 55.0 Å². The largest absolute Gasteiger partial charge is 0.453 e. The van der Waals surface area contributed by atoms with Crippen LogP contribution in [0.3, 0.4) is 0 Å². The van der Waals surface area contributed by atoms with Crippen molar-refractivity contribution in [3.05, 3.63) is 70.8 Å². The number of aryl methyl sites for hydroxylation is 1. The van der Waals surface area contributed by atoms with Gasteiger partial charge in [0.15, 0.2) is 6.10 Å². The number of benzene rings is 2. The Morgan fingerprint density at radius 2 is 1.57 bits per heavy atom. The van der Waals surface area contributed by atoms with Crippen molar-refractivity contribution in [2.24, 2.45) is 0 Å². The highest BCUT2D eigenvalue weighted by molar-refractivity contribution is 5.67. The summed E-state index contributed by atoms with van der Waals surface area (Å²) in [6.45, 7) is 7.82. The van der Waals surface area contributed by atoms with Crippen molar-refractivity contribution < 1.29 is 9.53 Å². The van der Waals surface area contributed by atoms with Gasteiger partial charge in [0.2, 0.25) is 0 Å². The molecule has 2 aromatic rings. The first-order valence-electron chi connectivity index (χ1n) is 7.31. The molecule has 2 aromatic carbocycles. The molecule has 2 nitrogen and oxygen atoms in total. The zero-order valence-corrected chi connectivity index (χ0v) is 13.1. The van der Waals surface area contributed by atoms with Gasteiger partial charge in [-0.15, -0.1) is 0 Å². The molecule has 0 bridgehead atoms. The molecule has 0 unspecified atom stereocenters. The third kappa shape index (κ3) is 3.94. The Morgan fingerprint density at radius 3 is 2.10 bits per heavy atom. The summed E-state index contributed by atoms with van der Waals surface area (Å²) in [5, 5.41) is 0. The molecule has 2 heteroatoms. The molecule has 0 radical (unpaired) electrons. The Hall–Kier alpha value is -2.09. The number of esters is 1. The summed E-state index contributed by atoms with van der Waals surface area (Å²) in [6, 6.07) is 16.4. The quantitative estimate of drug-likeness (QED) is 0.755. The van der Waals surface area contributed by atoms with Gasteiger partial charge in [-0.2, -0.15) is 0 Å². The highest BCUT2D eigenvalue weighted by Gasteiger charge is 2.17. The zero-order valence-electron chi connectivity index (χ0n) is 13.1. The number of hydrogen-bond acceptors (Lipinski definition) is 2. The lowest BCUT2D eigenvalue weighted by Gasteiger charge is -2.19. The van der Waals surface area contributed by atoms with Gasteiger partial charge in [0.05, 0.1) is 0 Å². The molecule has 0 aromatic heterocycles. The molecule has 0 saturated heterocycles. The Bertz CT molecular complexity index is 612. The average molecular weight is 282 g/mol. The van der Waals surface area contributed by atoms with E-state index in [1.807, 2.05) is 37.3 Å². The second kappa shape index (κ2) is 6.57. The monoisotopic (exact) mass is 282 g/mol. The summed E-state index contributed by atoms with van der Waals surface area (Å²) in [4.78, 5) is 11.4. The van der Waals surface area contributed by atoms with E-state index in [9.17, 15) is 4.79 Å². The molecule has 21 heavy (non-hydrogen) atoms. The lowest BCUT2D eigenvalue weighted by atomic mass is 9.96. The minimum absolute atomic E-state index is 0.269. The Kier molecular flexibility index (Phi) is 4.79. The minimum Gasteiger partial charge on any atom is -0.453 e. The predicted octanol–water partition coefficient (Wildman–Crippen LogP) is 4.77. The van der Waals surface area contributed by atoms with Crippen molar-refractivity contribution in [1.82, 2.24) is 0 Å². The molecule has 0 aliphatic heterocycles. The molecule has 2 rings (SSSR count). The molecular formula is C19H22O2. The third-order valence-corrected chi connectivity index (χ3v) is 3.53. The van der Waals surface area contributed by atoms with Crippen LogP contribution in [0.25, 0.3) is 0 Å². The van der Waals surface area contributed by atoms with Crippen LogP contribution in [0, 0.1) is 6.92 Å². The summed E-state index contributed by atoms with van der Waals surface area (Å²) in [7, 11) is 0. The summed E-state index contributed by atoms with van der Waals surface area (Å²) in [5.74, 6) is 0.222. The molecule has 110 valence electrons. The van der Waals surface area contributed by atoms with Gasteiger partial charge in [-0.3, -0.25) is 4.79 Å². The fraction of sp³-hybridized carbons (Fsp3) is 0.316. The van der Waals surface area contributed by atoms with Crippen molar-refractivity contribution in [2.45, 2.75) is 39.7 Å². The van der Waals surface area contributed by atoms with E-state index in [0.717, 1.165) is 16.7 Å². The van der Waals surface area contributed by atoms with Crippen molar-refractivity contribution in [2.75, 3.05) is 0 Å². The highest BCUT2D eigenvalue weighted by atomic mass is 16.5. The van der Waals surface area contributed by atoms with Crippen LogP contribution in [0.2, 0.25) is 0 Å². The van der Waals surface area contributed by atoms with Crippen molar-refractivity contribution in [1.29, 1.82) is 0 Å². The maximum absolute atomic E-state index is 11.4. The summed E-state index contributed by atoms with van der Waals surface area (Å²) >= 11 is 0. The van der Waals surface area contributed by atoms with Gasteiger partial charge in [0.1, 0.15) is 0 Å². The lowest BCUT2D eigenvalue weighted by Crippen LogP contribution is -2.10. The van der Waals surface area contributed by atoms with E-state index in [4.69, 9.17) is 4.74 Å². The number of rotatable bonds is 4. The van der Waals surface area contributed by atoms with Gasteiger partial charge in [-0.05, 0) is 29.5 Å². The van der Waals surface area contributed by atoms with Crippen LogP contribution in [-0.2, 0) is 9.53 Å². The Balaban J connectivity index is 2.38. The first-order valence-corrected chi connectivity index (χ1v) is 7.31. The normalized spacial score (nSPS) is 12.2. The van der Waals surface area contributed by atoms with Gasteiger partial charge in [-0.1, -0.05) is 67.9 Å². The fourth-order valence-electron chi connectivity index (χ4n) is 2.38. The first-order chi connectivity index (χ1) is 9.97. The van der Waals surface area contributed by atoms with E-state index in [-0.39, 0.29) is 12.1 Å². The second-order valence-corrected chi connectivity index (χ2v) is 5.72. The Morgan fingerprint density at radius 1 is 0.952 bits per heavy atom. The Labute approximate surface area is 126 Å². The molecule has 0 spiro atoms. The SMILES string of the molecule is CC(=O)O[C@@H](c1ccc(C(C)C)cc1)c1cccc(C)c1. The summed E-state index contributed by atoms with van der Waals surface area (Å²) < 4.78 is 5.54. The molecule has 0 amide bonds. The van der Waals surface area contributed by atoms with Crippen LogP contribution < -0.4 is 0 Å². The minimum atomic E-state index is -0.344. The van der Waals surface area contributed by atoms with Crippen molar-refractivity contribution in [3.8, 4) is 0 Å². The molecular weight excluding hydrogens is 260 g/mol. The maximum Gasteiger partial charge on any atom is 0.303 e. The highest BCUT2D eigenvalue weighted by Crippen LogP contribution is 2.28. The predicted molar refractivity (Wildman–Crippen MR) is 85.3 cm³/mol. The zero-order chi connectivity index (χ0) is 15.4. The van der Waals surface area contributed by atoms with Gasteiger partial charge in [-0.25, -0.2) is 0 Å². The average Bonchev–Trinajstić information content (AvgIpc) is 2.44. The van der Waals surface area contributed by atoms with E-state index < -0.39 is 0 Å². The van der Waals surface area contributed by atoms with E-state index in [2.05, 4.69) is 32.0 Å². The van der Waals surface area contributed by atoms with Crippen LogP contribution in [0.5, 0.6) is 0 Å². The van der Waals surface area contributed by atoms with E-state index in [1.54, 1.807) is 0 Å². The molecule has 0 heterocycles. The molecule has 0 N–H and O–H groups in total. The molecule has 1 atom stereocenters. The number of carbonyl (C=O) groups is 1. The van der Waals surface area contributed by atoms with Crippen LogP contribution >= 0.6 is 0 Å². The van der Waals surface area contributed by atoms with Gasteiger partial charge in [0, 0.05) is 6.92 Å². The molecule has 0 saturated carbocycles. The van der Waals surface area contributed by atoms with Gasteiger partial charge >= 0.3 is 5.97 Å². The lowest BCUT2D eigenvalue weighted by molar-refractivity contribution is -0.144. The number of carbonyl (C=O) groups excluding carboxylic acids is 1. The molecule has 0 aliphatic rings. The van der Waals surface area contributed by atoms with Crippen LogP contribution in [0.15, 0.2) is 48.5 Å². The van der Waals surface area contributed by atoms with Crippen molar-refractivity contribution in [3.63, 3.8) is 0 Å². The van der Waals surface area contributed by atoms with Crippen LogP contribution in [-0.4, -0.2) is 5.97 Å². The van der Waals surface area contributed by atoms with Gasteiger partial charge < -0.3 is 4.74 Å². The van der Waals surface area contributed by atoms with E-state index in [1.165, 1.54) is 12.5 Å². The number of ether oxygens (including phenoxy) is 1. The van der Waals surface area contributed by atoms with Crippen LogP contribution in [0.4, 0.5) is 0 Å².